The minimum absolute atomic E-state index is 0.0140. The highest BCUT2D eigenvalue weighted by Gasteiger charge is 2.21. The summed E-state index contributed by atoms with van der Waals surface area (Å²) in [6, 6.07) is 1.70. The van der Waals surface area contributed by atoms with Crippen LogP contribution < -0.4 is 10.6 Å². The quantitative estimate of drug-likeness (QED) is 0.624. The molecule has 0 radical (unpaired) electrons. The Kier molecular flexibility index (Phi) is 1.69. The second kappa shape index (κ2) is 2.73. The van der Waals surface area contributed by atoms with Crippen LogP contribution in [0.15, 0.2) is 12.3 Å². The molecule has 2 N–H and O–H groups in total. The van der Waals surface area contributed by atoms with Crippen LogP contribution in [0, 0.1) is 6.92 Å². The van der Waals surface area contributed by atoms with Gasteiger partial charge in [-0.25, -0.2) is 4.98 Å². The summed E-state index contributed by atoms with van der Waals surface area (Å²) in [6.45, 7) is 3.75. The number of nitrogens with zero attached hydrogens (tertiary/aromatic N) is 1. The molecule has 0 aliphatic carbocycles. The van der Waals surface area contributed by atoms with Crippen molar-refractivity contribution < 1.29 is 4.79 Å². The molecule has 4 heteroatoms. The lowest BCUT2D eigenvalue weighted by molar-refractivity contribution is -0.116. The smallest absolute Gasteiger partial charge is 0.246 e. The van der Waals surface area contributed by atoms with Gasteiger partial charge in [-0.3, -0.25) is 4.79 Å². The lowest BCUT2D eigenvalue weighted by Crippen LogP contribution is -2.36. The molecule has 0 saturated carbocycles. The van der Waals surface area contributed by atoms with Crippen LogP contribution in [0.3, 0.4) is 0 Å². The number of carbonyl (C=O) groups excluding carboxylic acids is 1. The van der Waals surface area contributed by atoms with Crippen molar-refractivity contribution in [3.63, 3.8) is 0 Å². The summed E-state index contributed by atoms with van der Waals surface area (Å²) in [5.41, 5.74) is 1.80. The fourth-order valence-electron chi connectivity index (χ4n) is 1.29. The Morgan fingerprint density at radius 1 is 1.54 bits per heavy atom. The van der Waals surface area contributed by atoms with E-state index in [1.165, 1.54) is 0 Å². The van der Waals surface area contributed by atoms with Gasteiger partial charge < -0.3 is 10.6 Å². The van der Waals surface area contributed by atoms with Crippen molar-refractivity contribution in [3.05, 3.63) is 17.8 Å². The van der Waals surface area contributed by atoms with E-state index < -0.39 is 0 Å². The Hall–Kier alpha value is -1.58. The Morgan fingerprint density at radius 3 is 3.08 bits per heavy atom. The van der Waals surface area contributed by atoms with E-state index >= 15 is 0 Å². The van der Waals surface area contributed by atoms with Crippen molar-refractivity contribution in [1.82, 2.24) is 4.98 Å². The topological polar surface area (TPSA) is 54.0 Å². The molecule has 68 valence electrons. The maximum atomic E-state index is 11.3. The Labute approximate surface area is 76.4 Å². The number of fused-ring (bicyclic) bond motifs is 1. The third-order valence-electron chi connectivity index (χ3n) is 2.03. The van der Waals surface area contributed by atoms with Crippen LogP contribution in [-0.2, 0) is 4.79 Å². The van der Waals surface area contributed by atoms with Gasteiger partial charge in [0.15, 0.2) is 0 Å². The van der Waals surface area contributed by atoms with Gasteiger partial charge >= 0.3 is 0 Å². The molecule has 1 aliphatic heterocycles. The number of anilines is 2. The van der Waals surface area contributed by atoms with E-state index in [1.807, 2.05) is 13.0 Å². The van der Waals surface area contributed by atoms with Crippen LogP contribution >= 0.6 is 0 Å². The Balaban J connectivity index is 2.42. The van der Waals surface area contributed by atoms with Crippen molar-refractivity contribution in [2.45, 2.75) is 19.9 Å². The lowest BCUT2D eigenvalue weighted by atomic mass is 10.2. The number of aryl methyl sites for hydroxylation is 1. The molecule has 1 aliphatic rings. The summed E-state index contributed by atoms with van der Waals surface area (Å²) < 4.78 is 0. The molecule has 0 spiro atoms. The number of carbonyl (C=O) groups is 1. The molecule has 2 heterocycles. The van der Waals surface area contributed by atoms with Crippen LogP contribution in [0.5, 0.6) is 0 Å². The predicted molar refractivity (Wildman–Crippen MR) is 50.7 cm³/mol. The van der Waals surface area contributed by atoms with Crippen LogP contribution in [-0.4, -0.2) is 16.9 Å². The summed E-state index contributed by atoms with van der Waals surface area (Å²) in [4.78, 5) is 15.4. The molecule has 4 nitrogen and oxygen atoms in total. The van der Waals surface area contributed by atoms with Crippen molar-refractivity contribution in [2.75, 3.05) is 10.6 Å². The summed E-state index contributed by atoms with van der Waals surface area (Å²) in [5, 5.41) is 5.80. The normalized spacial score (nSPS) is 20.2. The summed E-state index contributed by atoms with van der Waals surface area (Å²) in [7, 11) is 0. The third-order valence-corrected chi connectivity index (χ3v) is 2.03. The van der Waals surface area contributed by atoms with E-state index in [-0.39, 0.29) is 11.9 Å². The standard InChI is InChI=1S/C9H11N3O/c1-5-3-7-8(10-4-5)11-6(2)9(13)12-7/h3-4,6H,1-2H3,(H,10,11)(H,12,13). The van der Waals surface area contributed by atoms with Crippen LogP contribution in [0.25, 0.3) is 0 Å². The molecule has 1 aromatic heterocycles. The van der Waals surface area contributed by atoms with E-state index in [2.05, 4.69) is 15.6 Å². The summed E-state index contributed by atoms with van der Waals surface area (Å²) in [5.74, 6) is 0.734. The number of aromatic nitrogens is 1. The molecule has 1 atom stereocenters. The van der Waals surface area contributed by atoms with Gasteiger partial charge in [0.05, 0.1) is 5.69 Å². The molecule has 2 rings (SSSR count). The summed E-state index contributed by atoms with van der Waals surface area (Å²) in [6.07, 6.45) is 1.77. The molecule has 1 amide bonds. The maximum absolute atomic E-state index is 11.3. The highest BCUT2D eigenvalue weighted by Crippen LogP contribution is 2.24. The molecular weight excluding hydrogens is 166 g/mol. The molecule has 1 unspecified atom stereocenters. The molecule has 0 aromatic carbocycles. The van der Waals surface area contributed by atoms with Crippen LogP contribution in [0.4, 0.5) is 11.5 Å². The highest BCUT2D eigenvalue weighted by atomic mass is 16.2. The molecule has 0 fully saturated rings. The maximum Gasteiger partial charge on any atom is 0.246 e. The molecular formula is C9H11N3O. The van der Waals surface area contributed by atoms with Crippen molar-refractivity contribution in [1.29, 1.82) is 0 Å². The monoisotopic (exact) mass is 177 g/mol. The molecule has 13 heavy (non-hydrogen) atoms. The fourth-order valence-corrected chi connectivity index (χ4v) is 1.29. The molecule has 0 bridgehead atoms. The highest BCUT2D eigenvalue weighted by molar-refractivity contribution is 6.01. The SMILES string of the molecule is Cc1cnc2c(c1)NC(=O)C(C)N2. The zero-order chi connectivity index (χ0) is 9.42. The second-order valence-corrected chi connectivity index (χ2v) is 3.26. The van der Waals surface area contributed by atoms with Gasteiger partial charge in [-0.15, -0.1) is 0 Å². The minimum Gasteiger partial charge on any atom is -0.357 e. The average Bonchev–Trinajstić information content (AvgIpc) is 2.08. The van der Waals surface area contributed by atoms with Crippen LogP contribution in [0.1, 0.15) is 12.5 Å². The number of amides is 1. The van der Waals surface area contributed by atoms with Gasteiger partial charge in [0.2, 0.25) is 5.91 Å². The van der Waals surface area contributed by atoms with Crippen molar-refractivity contribution in [2.24, 2.45) is 0 Å². The van der Waals surface area contributed by atoms with Crippen molar-refractivity contribution in [3.8, 4) is 0 Å². The first kappa shape index (κ1) is 8.04. The first-order valence-corrected chi connectivity index (χ1v) is 4.21. The van der Waals surface area contributed by atoms with Crippen LogP contribution in [0.2, 0.25) is 0 Å². The first-order valence-electron chi connectivity index (χ1n) is 4.21. The van der Waals surface area contributed by atoms with Gasteiger partial charge in [0, 0.05) is 6.20 Å². The Morgan fingerprint density at radius 2 is 2.31 bits per heavy atom. The van der Waals surface area contributed by atoms with Crippen molar-refractivity contribution >= 4 is 17.4 Å². The van der Waals surface area contributed by atoms with Gasteiger partial charge in [0.1, 0.15) is 11.9 Å². The first-order chi connectivity index (χ1) is 6.16. The number of hydrogen-bond acceptors (Lipinski definition) is 3. The fraction of sp³-hybridized carbons (Fsp3) is 0.333. The zero-order valence-corrected chi connectivity index (χ0v) is 7.59. The third kappa shape index (κ3) is 1.35. The predicted octanol–water partition coefficient (Wildman–Crippen LogP) is 1.14. The number of hydrogen-bond donors (Lipinski definition) is 2. The zero-order valence-electron chi connectivity index (χ0n) is 7.59. The number of pyridine rings is 1. The lowest BCUT2D eigenvalue weighted by Gasteiger charge is -2.23. The average molecular weight is 177 g/mol. The number of rotatable bonds is 0. The van der Waals surface area contributed by atoms with E-state index in [0.29, 0.717) is 0 Å². The van der Waals surface area contributed by atoms with Gasteiger partial charge in [-0.05, 0) is 25.5 Å². The summed E-state index contributed by atoms with van der Waals surface area (Å²) >= 11 is 0. The second-order valence-electron chi connectivity index (χ2n) is 3.26. The van der Waals surface area contributed by atoms with Gasteiger partial charge in [0.25, 0.3) is 0 Å². The van der Waals surface area contributed by atoms with E-state index in [0.717, 1.165) is 17.1 Å². The van der Waals surface area contributed by atoms with E-state index in [4.69, 9.17) is 0 Å². The van der Waals surface area contributed by atoms with E-state index in [1.54, 1.807) is 13.1 Å². The van der Waals surface area contributed by atoms with E-state index in [9.17, 15) is 4.79 Å². The molecule has 1 aromatic rings. The largest absolute Gasteiger partial charge is 0.357 e. The van der Waals surface area contributed by atoms with Gasteiger partial charge in [-0.2, -0.15) is 0 Å². The van der Waals surface area contributed by atoms with Gasteiger partial charge in [-0.1, -0.05) is 0 Å². The minimum atomic E-state index is -0.206. The Bertz CT molecular complexity index is 362. The number of nitrogens with one attached hydrogen (secondary N) is 2. The molecule has 0 saturated heterocycles.